The Morgan fingerprint density at radius 1 is 1.12 bits per heavy atom. The molecule has 0 aliphatic rings. The van der Waals surface area contributed by atoms with Gasteiger partial charge in [0, 0.05) is 16.6 Å². The van der Waals surface area contributed by atoms with E-state index in [4.69, 9.17) is 23.2 Å². The maximum atomic E-state index is 6.43. The van der Waals surface area contributed by atoms with Gasteiger partial charge in [0.25, 0.3) is 0 Å². The molecule has 1 aromatic heterocycles. The summed E-state index contributed by atoms with van der Waals surface area (Å²) in [5.41, 5.74) is 0.861. The smallest absolute Gasteiger partial charge is 0.0816 e. The van der Waals surface area contributed by atoms with E-state index in [1.165, 1.54) is 5.19 Å². The zero-order chi connectivity index (χ0) is 11.9. The van der Waals surface area contributed by atoms with Crippen molar-refractivity contribution in [3.63, 3.8) is 0 Å². The Morgan fingerprint density at radius 3 is 2.44 bits per heavy atom. The molecule has 0 aliphatic heterocycles. The lowest BCUT2D eigenvalue weighted by Crippen LogP contribution is -2.38. The predicted octanol–water partition coefficient (Wildman–Crippen LogP) is 4.09. The highest BCUT2D eigenvalue weighted by Gasteiger charge is 2.21. The van der Waals surface area contributed by atoms with Gasteiger partial charge in [-0.05, 0) is 23.4 Å². The number of fused-ring (bicyclic) bond motifs is 1. The zero-order valence-electron chi connectivity index (χ0n) is 9.51. The molecule has 0 spiro atoms. The lowest BCUT2D eigenvalue weighted by Gasteiger charge is -2.18. The minimum Gasteiger partial charge on any atom is -0.256 e. The second kappa shape index (κ2) is 4.02. The Morgan fingerprint density at radius 2 is 1.81 bits per heavy atom. The van der Waals surface area contributed by atoms with E-state index in [0.717, 1.165) is 15.9 Å². The quantitative estimate of drug-likeness (QED) is 0.711. The van der Waals surface area contributed by atoms with Crippen LogP contribution in [-0.4, -0.2) is 13.1 Å². The van der Waals surface area contributed by atoms with Crippen molar-refractivity contribution in [2.24, 2.45) is 0 Å². The molecule has 0 bridgehead atoms. The second-order valence-electron chi connectivity index (χ2n) is 4.90. The SMILES string of the molecule is C[Si](C)(C)c1cnc2cc(Cl)ccc2c1Cl. The van der Waals surface area contributed by atoms with Crippen LogP contribution in [0.1, 0.15) is 0 Å². The van der Waals surface area contributed by atoms with Gasteiger partial charge in [-0.1, -0.05) is 42.8 Å². The third kappa shape index (κ3) is 2.10. The number of hydrogen-bond donors (Lipinski definition) is 0. The topological polar surface area (TPSA) is 12.9 Å². The van der Waals surface area contributed by atoms with Gasteiger partial charge in [-0.3, -0.25) is 4.98 Å². The van der Waals surface area contributed by atoms with Crippen LogP contribution >= 0.6 is 23.2 Å². The lowest BCUT2D eigenvalue weighted by atomic mass is 10.2. The Bertz CT molecular complexity index is 546. The third-order valence-corrected chi connectivity index (χ3v) is 5.37. The molecular formula is C12H13Cl2NSi. The van der Waals surface area contributed by atoms with Crippen LogP contribution in [0.2, 0.25) is 29.7 Å². The van der Waals surface area contributed by atoms with Gasteiger partial charge < -0.3 is 0 Å². The molecule has 0 atom stereocenters. The number of pyridine rings is 1. The molecule has 0 radical (unpaired) electrons. The second-order valence-corrected chi connectivity index (χ2v) is 10.8. The summed E-state index contributed by atoms with van der Waals surface area (Å²) < 4.78 is 0. The van der Waals surface area contributed by atoms with Crippen LogP contribution in [0.5, 0.6) is 0 Å². The number of aromatic nitrogens is 1. The molecule has 0 saturated heterocycles. The molecule has 0 N–H and O–H groups in total. The predicted molar refractivity (Wildman–Crippen MR) is 74.7 cm³/mol. The number of halogens is 2. The Hall–Kier alpha value is -0.573. The summed E-state index contributed by atoms with van der Waals surface area (Å²) in [7, 11) is -1.44. The molecule has 1 nitrogen and oxygen atoms in total. The molecule has 0 aliphatic carbocycles. The van der Waals surface area contributed by atoms with Crippen molar-refractivity contribution in [2.75, 3.05) is 0 Å². The third-order valence-electron chi connectivity index (χ3n) is 2.57. The summed E-state index contributed by atoms with van der Waals surface area (Å²) in [6.45, 7) is 6.78. The molecule has 84 valence electrons. The summed E-state index contributed by atoms with van der Waals surface area (Å²) in [6, 6.07) is 5.64. The van der Waals surface area contributed by atoms with Crippen LogP contribution in [0.3, 0.4) is 0 Å². The summed E-state index contributed by atoms with van der Waals surface area (Å²) in [4.78, 5) is 4.44. The van der Waals surface area contributed by atoms with Crippen molar-refractivity contribution in [2.45, 2.75) is 19.6 Å². The summed E-state index contributed by atoms with van der Waals surface area (Å²) in [5.74, 6) is 0. The maximum absolute atomic E-state index is 6.43. The van der Waals surface area contributed by atoms with E-state index in [2.05, 4.69) is 24.6 Å². The van der Waals surface area contributed by atoms with Gasteiger partial charge in [0.05, 0.1) is 18.6 Å². The van der Waals surface area contributed by atoms with Crippen molar-refractivity contribution in [1.29, 1.82) is 0 Å². The first-order chi connectivity index (χ1) is 7.39. The highest BCUT2D eigenvalue weighted by atomic mass is 35.5. The van der Waals surface area contributed by atoms with Gasteiger partial charge in [-0.25, -0.2) is 0 Å². The summed E-state index contributed by atoms with van der Waals surface area (Å²) in [6.07, 6.45) is 1.90. The molecule has 4 heteroatoms. The normalized spacial score (nSPS) is 12.1. The molecular weight excluding hydrogens is 257 g/mol. The molecule has 0 amide bonds. The van der Waals surface area contributed by atoms with Gasteiger partial charge >= 0.3 is 0 Å². The molecule has 0 fully saturated rings. The van der Waals surface area contributed by atoms with Crippen LogP contribution in [-0.2, 0) is 0 Å². The van der Waals surface area contributed by atoms with E-state index in [1.54, 1.807) is 0 Å². The first-order valence-corrected chi connectivity index (χ1v) is 9.39. The number of hydrogen-bond acceptors (Lipinski definition) is 1. The van der Waals surface area contributed by atoms with Gasteiger partial charge in [0.2, 0.25) is 0 Å². The minimum absolute atomic E-state index is 0.692. The average molecular weight is 270 g/mol. The van der Waals surface area contributed by atoms with Crippen molar-refractivity contribution >= 4 is 47.4 Å². The van der Waals surface area contributed by atoms with E-state index in [-0.39, 0.29) is 0 Å². The largest absolute Gasteiger partial charge is 0.256 e. The molecule has 2 aromatic rings. The van der Waals surface area contributed by atoms with Gasteiger partial charge in [-0.15, -0.1) is 0 Å². The number of nitrogens with zero attached hydrogens (tertiary/aromatic N) is 1. The molecule has 1 heterocycles. The lowest BCUT2D eigenvalue weighted by molar-refractivity contribution is 1.42. The van der Waals surface area contributed by atoms with Crippen LogP contribution in [0.15, 0.2) is 24.4 Å². The number of benzene rings is 1. The van der Waals surface area contributed by atoms with E-state index in [0.29, 0.717) is 5.02 Å². The standard InChI is InChI=1S/C12H13Cl2NSi/c1-16(2,3)11-7-15-10-6-8(13)4-5-9(10)12(11)14/h4-7H,1-3H3. The van der Waals surface area contributed by atoms with Gasteiger partial charge in [-0.2, -0.15) is 0 Å². The van der Waals surface area contributed by atoms with Crippen LogP contribution in [0.4, 0.5) is 0 Å². The highest BCUT2D eigenvalue weighted by molar-refractivity contribution is 6.90. The van der Waals surface area contributed by atoms with Crippen molar-refractivity contribution < 1.29 is 0 Å². The molecule has 16 heavy (non-hydrogen) atoms. The Balaban J connectivity index is 2.75. The van der Waals surface area contributed by atoms with E-state index < -0.39 is 8.07 Å². The fraction of sp³-hybridized carbons (Fsp3) is 0.250. The highest BCUT2D eigenvalue weighted by Crippen LogP contribution is 2.24. The first kappa shape index (κ1) is 11.9. The first-order valence-electron chi connectivity index (χ1n) is 5.14. The molecule has 1 aromatic carbocycles. The molecule has 0 unspecified atom stereocenters. The fourth-order valence-electron chi connectivity index (χ4n) is 1.66. The fourth-order valence-corrected chi connectivity index (χ4v) is 4.13. The van der Waals surface area contributed by atoms with Crippen molar-refractivity contribution in [1.82, 2.24) is 4.98 Å². The van der Waals surface area contributed by atoms with Crippen LogP contribution < -0.4 is 5.19 Å². The van der Waals surface area contributed by atoms with E-state index >= 15 is 0 Å². The Labute approximate surface area is 106 Å². The van der Waals surface area contributed by atoms with E-state index in [1.807, 2.05) is 24.4 Å². The maximum Gasteiger partial charge on any atom is 0.0816 e. The molecule has 0 saturated carbocycles. The van der Waals surface area contributed by atoms with E-state index in [9.17, 15) is 0 Å². The van der Waals surface area contributed by atoms with Crippen LogP contribution in [0, 0.1) is 0 Å². The van der Waals surface area contributed by atoms with Crippen molar-refractivity contribution in [3.8, 4) is 0 Å². The van der Waals surface area contributed by atoms with Gasteiger partial charge in [0.15, 0.2) is 0 Å². The monoisotopic (exact) mass is 269 g/mol. The number of rotatable bonds is 1. The zero-order valence-corrected chi connectivity index (χ0v) is 12.0. The Kier molecular flexibility index (Phi) is 2.99. The van der Waals surface area contributed by atoms with Crippen molar-refractivity contribution in [3.05, 3.63) is 34.4 Å². The summed E-state index contributed by atoms with van der Waals surface area (Å²) in [5, 5.41) is 3.72. The minimum atomic E-state index is -1.44. The average Bonchev–Trinajstić information content (AvgIpc) is 2.15. The van der Waals surface area contributed by atoms with Gasteiger partial charge in [0.1, 0.15) is 0 Å². The summed E-state index contributed by atoms with van der Waals surface area (Å²) >= 11 is 12.4. The van der Waals surface area contributed by atoms with Crippen LogP contribution in [0.25, 0.3) is 10.9 Å². The molecule has 2 rings (SSSR count).